The minimum Gasteiger partial charge on any atom is -0.399 e. The van der Waals surface area contributed by atoms with Gasteiger partial charge in [0.25, 0.3) is 0 Å². The Morgan fingerprint density at radius 3 is 2.68 bits per heavy atom. The van der Waals surface area contributed by atoms with E-state index in [0.717, 1.165) is 25.3 Å². The fourth-order valence-electron chi connectivity index (χ4n) is 2.30. The molecule has 19 heavy (non-hydrogen) atoms. The van der Waals surface area contributed by atoms with Crippen LogP contribution in [0.2, 0.25) is 0 Å². The van der Waals surface area contributed by atoms with Crippen LogP contribution in [0.4, 0.5) is 11.4 Å². The van der Waals surface area contributed by atoms with Gasteiger partial charge in [0.2, 0.25) is 10.0 Å². The molecule has 0 unspecified atom stereocenters. The number of hydrogen-bond acceptors (Lipinski definition) is 5. The highest BCUT2D eigenvalue weighted by atomic mass is 32.2. The van der Waals surface area contributed by atoms with Crippen LogP contribution in [0.3, 0.4) is 0 Å². The number of ether oxygens (including phenoxy) is 1. The molecule has 1 fully saturated rings. The van der Waals surface area contributed by atoms with Crippen molar-refractivity contribution in [1.29, 1.82) is 0 Å². The Balaban J connectivity index is 2.48. The van der Waals surface area contributed by atoms with Crippen molar-refractivity contribution >= 4 is 21.4 Å². The summed E-state index contributed by atoms with van der Waals surface area (Å²) in [6.45, 7) is 4.63. The lowest BCUT2D eigenvalue weighted by molar-refractivity contribution is 0.152. The zero-order chi connectivity index (χ0) is 14.0. The molecule has 0 amide bonds. The number of hydrogen-bond donors (Lipinski definition) is 2. The Bertz CT molecular complexity index is 564. The average molecular weight is 285 g/mol. The molecule has 7 heteroatoms. The zero-order valence-corrected chi connectivity index (χ0v) is 11.7. The van der Waals surface area contributed by atoms with Crippen LogP contribution in [0.15, 0.2) is 17.0 Å². The van der Waals surface area contributed by atoms with Crippen molar-refractivity contribution in [3.63, 3.8) is 0 Å². The van der Waals surface area contributed by atoms with E-state index in [9.17, 15) is 8.42 Å². The zero-order valence-electron chi connectivity index (χ0n) is 10.9. The summed E-state index contributed by atoms with van der Waals surface area (Å²) in [4.78, 5) is 2.18. The van der Waals surface area contributed by atoms with Gasteiger partial charge >= 0.3 is 0 Å². The number of sulfonamides is 1. The van der Waals surface area contributed by atoms with Crippen molar-refractivity contribution in [2.24, 2.45) is 5.14 Å². The normalized spacial score (nSPS) is 17.3. The van der Waals surface area contributed by atoms with Crippen molar-refractivity contribution in [3.05, 3.63) is 17.7 Å². The molecule has 0 aromatic heterocycles. The topological polar surface area (TPSA) is 98.7 Å². The lowest BCUT2D eigenvalue weighted by Gasteiger charge is -2.25. The largest absolute Gasteiger partial charge is 0.399 e. The summed E-state index contributed by atoms with van der Waals surface area (Å²) in [6, 6.07) is 3.19. The van der Waals surface area contributed by atoms with E-state index in [-0.39, 0.29) is 4.90 Å². The fraction of sp³-hybridized carbons (Fsp3) is 0.500. The Labute approximate surface area is 113 Å². The van der Waals surface area contributed by atoms with Gasteiger partial charge in [-0.3, -0.25) is 0 Å². The smallest absolute Gasteiger partial charge is 0.238 e. The van der Waals surface area contributed by atoms with Crippen LogP contribution >= 0.6 is 0 Å². The molecule has 2 rings (SSSR count). The first kappa shape index (κ1) is 14.1. The number of primary sulfonamides is 1. The maximum Gasteiger partial charge on any atom is 0.238 e. The first-order chi connectivity index (χ1) is 8.89. The Kier molecular flexibility index (Phi) is 3.98. The molecule has 0 spiro atoms. The second-order valence-corrected chi connectivity index (χ2v) is 6.19. The first-order valence-electron chi connectivity index (χ1n) is 6.15. The van der Waals surface area contributed by atoms with E-state index in [2.05, 4.69) is 4.90 Å². The van der Waals surface area contributed by atoms with Gasteiger partial charge in [-0.05, 0) is 31.0 Å². The minimum absolute atomic E-state index is 0.0904. The third kappa shape index (κ3) is 3.17. The molecule has 1 saturated heterocycles. The van der Waals surface area contributed by atoms with Crippen LogP contribution in [0, 0.1) is 6.92 Å². The summed E-state index contributed by atoms with van der Waals surface area (Å²) in [6.07, 6.45) is 0.902. The molecule has 1 aromatic rings. The molecular formula is C12H19N3O3S. The van der Waals surface area contributed by atoms with Crippen molar-refractivity contribution in [2.75, 3.05) is 36.9 Å². The SMILES string of the molecule is Cc1c(N2CCCOCC2)cc(N)cc1S(N)(=O)=O. The average Bonchev–Trinajstić information content (AvgIpc) is 2.59. The molecule has 1 aliphatic heterocycles. The molecule has 6 nitrogen and oxygen atoms in total. The van der Waals surface area contributed by atoms with Crippen molar-refractivity contribution in [1.82, 2.24) is 0 Å². The number of rotatable bonds is 2. The Hall–Kier alpha value is -1.31. The highest BCUT2D eigenvalue weighted by Crippen LogP contribution is 2.29. The predicted octanol–water partition coefficient (Wildman–Crippen LogP) is 0.451. The van der Waals surface area contributed by atoms with Crippen LogP contribution in [-0.4, -0.2) is 34.7 Å². The monoisotopic (exact) mass is 285 g/mol. The van der Waals surface area contributed by atoms with Crippen molar-refractivity contribution in [2.45, 2.75) is 18.2 Å². The molecule has 4 N–H and O–H groups in total. The molecule has 0 atom stereocenters. The number of benzene rings is 1. The van der Waals surface area contributed by atoms with E-state index in [4.69, 9.17) is 15.6 Å². The first-order valence-corrected chi connectivity index (χ1v) is 7.70. The molecule has 1 aliphatic rings. The van der Waals surface area contributed by atoms with E-state index < -0.39 is 10.0 Å². The highest BCUT2D eigenvalue weighted by molar-refractivity contribution is 7.89. The summed E-state index contributed by atoms with van der Waals surface area (Å²) >= 11 is 0. The van der Waals surface area contributed by atoms with Crippen LogP contribution < -0.4 is 15.8 Å². The van der Waals surface area contributed by atoms with Crippen molar-refractivity contribution in [3.8, 4) is 0 Å². The molecule has 0 bridgehead atoms. The Morgan fingerprint density at radius 2 is 2.00 bits per heavy atom. The molecular weight excluding hydrogens is 266 g/mol. The van der Waals surface area contributed by atoms with Gasteiger partial charge in [-0.15, -0.1) is 0 Å². The predicted molar refractivity (Wildman–Crippen MR) is 74.6 cm³/mol. The van der Waals surface area contributed by atoms with Gasteiger partial charge in [-0.25, -0.2) is 13.6 Å². The van der Waals surface area contributed by atoms with Gasteiger partial charge in [-0.2, -0.15) is 0 Å². The number of anilines is 2. The number of nitrogens with zero attached hydrogens (tertiary/aromatic N) is 1. The third-order valence-electron chi connectivity index (χ3n) is 3.22. The molecule has 0 saturated carbocycles. The molecule has 1 aromatic carbocycles. The van der Waals surface area contributed by atoms with Gasteiger partial charge in [0.15, 0.2) is 0 Å². The fourth-order valence-corrected chi connectivity index (χ4v) is 3.14. The van der Waals surface area contributed by atoms with Gasteiger partial charge in [-0.1, -0.05) is 0 Å². The quantitative estimate of drug-likeness (QED) is 0.769. The second-order valence-electron chi connectivity index (χ2n) is 4.66. The van der Waals surface area contributed by atoms with Crippen LogP contribution in [0.25, 0.3) is 0 Å². The summed E-state index contributed by atoms with van der Waals surface area (Å²) in [7, 11) is -3.76. The van der Waals surface area contributed by atoms with E-state index in [1.165, 1.54) is 6.07 Å². The maximum atomic E-state index is 11.6. The van der Waals surface area contributed by atoms with E-state index >= 15 is 0 Å². The van der Waals surface area contributed by atoms with Gasteiger partial charge in [0.1, 0.15) is 0 Å². The summed E-state index contributed by atoms with van der Waals surface area (Å²) in [5.41, 5.74) is 7.64. The van der Waals surface area contributed by atoms with Crippen LogP contribution in [0.5, 0.6) is 0 Å². The van der Waals surface area contributed by atoms with E-state index in [1.54, 1.807) is 13.0 Å². The summed E-state index contributed by atoms with van der Waals surface area (Å²) < 4.78 is 28.6. The molecule has 106 valence electrons. The molecule has 0 aliphatic carbocycles. The highest BCUT2D eigenvalue weighted by Gasteiger charge is 2.19. The lowest BCUT2D eigenvalue weighted by atomic mass is 10.1. The standard InChI is InChI=1S/C12H19N3O3S/c1-9-11(15-3-2-5-18-6-4-15)7-10(13)8-12(9)19(14,16)17/h7-8H,2-6,13H2,1H3,(H2,14,16,17). The lowest BCUT2D eigenvalue weighted by Crippen LogP contribution is -2.27. The Morgan fingerprint density at radius 1 is 1.26 bits per heavy atom. The summed E-state index contributed by atoms with van der Waals surface area (Å²) in [5, 5.41) is 5.23. The molecule has 1 heterocycles. The van der Waals surface area contributed by atoms with Gasteiger partial charge in [0.05, 0.1) is 11.5 Å². The van der Waals surface area contributed by atoms with E-state index in [1.807, 2.05) is 0 Å². The number of nitrogens with two attached hydrogens (primary N) is 2. The molecule has 0 radical (unpaired) electrons. The minimum atomic E-state index is -3.76. The van der Waals surface area contributed by atoms with E-state index in [0.29, 0.717) is 24.4 Å². The summed E-state index contributed by atoms with van der Waals surface area (Å²) in [5.74, 6) is 0. The second kappa shape index (κ2) is 5.36. The van der Waals surface area contributed by atoms with Gasteiger partial charge in [0, 0.05) is 31.1 Å². The van der Waals surface area contributed by atoms with Gasteiger partial charge < -0.3 is 15.4 Å². The van der Waals surface area contributed by atoms with Crippen LogP contribution in [-0.2, 0) is 14.8 Å². The maximum absolute atomic E-state index is 11.6. The number of nitrogen functional groups attached to an aromatic ring is 1. The van der Waals surface area contributed by atoms with Crippen LogP contribution in [0.1, 0.15) is 12.0 Å². The third-order valence-corrected chi connectivity index (χ3v) is 4.26. The van der Waals surface area contributed by atoms with Crippen molar-refractivity contribution < 1.29 is 13.2 Å².